The lowest BCUT2D eigenvalue weighted by Crippen LogP contribution is -2.47. The first-order chi connectivity index (χ1) is 9.74. The molecule has 6 heteroatoms. The van der Waals surface area contributed by atoms with E-state index in [1.807, 2.05) is 18.2 Å². The highest BCUT2D eigenvalue weighted by molar-refractivity contribution is 6.03. The molecule has 0 aliphatic carbocycles. The van der Waals surface area contributed by atoms with E-state index in [9.17, 15) is 9.59 Å². The fourth-order valence-corrected chi connectivity index (χ4v) is 2.58. The molecule has 2 aliphatic rings. The molecule has 6 nitrogen and oxygen atoms in total. The minimum atomic E-state index is -0.0980. The molecule has 1 atom stereocenters. The Labute approximate surface area is 117 Å². The Hall–Kier alpha value is -2.24. The number of fused-ring (bicyclic) bond motifs is 1. The monoisotopic (exact) mass is 274 g/mol. The van der Waals surface area contributed by atoms with Crippen LogP contribution >= 0.6 is 0 Å². The Bertz CT molecular complexity index is 534. The minimum absolute atomic E-state index is 0.00704. The Morgan fingerprint density at radius 1 is 1.20 bits per heavy atom. The summed E-state index contributed by atoms with van der Waals surface area (Å²) in [6.07, 6.45) is 1.16. The van der Waals surface area contributed by atoms with Gasteiger partial charge in [0.25, 0.3) is 5.91 Å². The van der Waals surface area contributed by atoms with Crippen molar-refractivity contribution in [1.29, 1.82) is 0 Å². The Balaban J connectivity index is 1.72. The number of hydrogen-bond donors (Lipinski definition) is 4. The van der Waals surface area contributed by atoms with E-state index in [0.29, 0.717) is 24.9 Å². The van der Waals surface area contributed by atoms with Crippen LogP contribution < -0.4 is 21.3 Å². The van der Waals surface area contributed by atoms with Gasteiger partial charge in [0.1, 0.15) is 0 Å². The third kappa shape index (κ3) is 2.54. The third-order valence-corrected chi connectivity index (χ3v) is 3.65. The summed E-state index contributed by atoms with van der Waals surface area (Å²) in [7, 11) is 0. The van der Waals surface area contributed by atoms with Gasteiger partial charge in [0, 0.05) is 32.1 Å². The molecule has 1 aromatic carbocycles. The van der Waals surface area contributed by atoms with Gasteiger partial charge >= 0.3 is 0 Å². The lowest BCUT2D eigenvalue weighted by Gasteiger charge is -2.26. The first-order valence-corrected chi connectivity index (χ1v) is 6.92. The van der Waals surface area contributed by atoms with Crippen LogP contribution in [0.2, 0.25) is 0 Å². The summed E-state index contributed by atoms with van der Waals surface area (Å²) in [5.41, 5.74) is 2.46. The van der Waals surface area contributed by atoms with Gasteiger partial charge < -0.3 is 21.3 Å². The van der Waals surface area contributed by atoms with Crippen molar-refractivity contribution in [3.63, 3.8) is 0 Å². The van der Waals surface area contributed by atoms with Gasteiger partial charge in [0.15, 0.2) is 0 Å². The molecule has 1 unspecified atom stereocenters. The number of anilines is 2. The van der Waals surface area contributed by atoms with Gasteiger partial charge in [0.05, 0.1) is 16.9 Å². The molecule has 0 bridgehead atoms. The smallest absolute Gasteiger partial charge is 0.253 e. The number of amides is 2. The SMILES string of the molecule is O=C1CCC(NC(=O)c2cccc3c2NCCN3)CN1. The van der Waals surface area contributed by atoms with E-state index in [-0.39, 0.29) is 17.9 Å². The van der Waals surface area contributed by atoms with Crippen molar-refractivity contribution in [2.75, 3.05) is 30.3 Å². The van der Waals surface area contributed by atoms with Gasteiger partial charge in [-0.2, -0.15) is 0 Å². The first-order valence-electron chi connectivity index (χ1n) is 6.92. The van der Waals surface area contributed by atoms with Gasteiger partial charge in [0.2, 0.25) is 5.91 Å². The van der Waals surface area contributed by atoms with Gasteiger partial charge in [-0.25, -0.2) is 0 Å². The second kappa shape index (κ2) is 5.40. The maximum Gasteiger partial charge on any atom is 0.253 e. The molecule has 0 aromatic heterocycles. The highest BCUT2D eigenvalue weighted by Crippen LogP contribution is 2.28. The summed E-state index contributed by atoms with van der Waals surface area (Å²) < 4.78 is 0. The predicted octanol–water partition coefficient (Wildman–Crippen LogP) is 0.532. The van der Waals surface area contributed by atoms with Crippen molar-refractivity contribution < 1.29 is 9.59 Å². The summed E-state index contributed by atoms with van der Waals surface area (Å²) in [4.78, 5) is 23.5. The quantitative estimate of drug-likeness (QED) is 0.634. The highest BCUT2D eigenvalue weighted by Gasteiger charge is 2.22. The molecular weight excluding hydrogens is 256 g/mol. The lowest BCUT2D eigenvalue weighted by molar-refractivity contribution is -0.122. The van der Waals surface area contributed by atoms with Crippen molar-refractivity contribution in [3.8, 4) is 0 Å². The number of benzene rings is 1. The second-order valence-corrected chi connectivity index (χ2v) is 5.09. The average molecular weight is 274 g/mol. The van der Waals surface area contributed by atoms with Crippen LogP contribution in [0.3, 0.4) is 0 Å². The molecule has 106 valence electrons. The van der Waals surface area contributed by atoms with Crippen molar-refractivity contribution >= 4 is 23.2 Å². The zero-order chi connectivity index (χ0) is 13.9. The van der Waals surface area contributed by atoms with Crippen LogP contribution in [-0.2, 0) is 4.79 Å². The van der Waals surface area contributed by atoms with Crippen molar-refractivity contribution in [3.05, 3.63) is 23.8 Å². The fourth-order valence-electron chi connectivity index (χ4n) is 2.58. The molecule has 0 saturated carbocycles. The number of hydrogen-bond acceptors (Lipinski definition) is 4. The van der Waals surface area contributed by atoms with E-state index < -0.39 is 0 Å². The maximum absolute atomic E-state index is 12.4. The van der Waals surface area contributed by atoms with Crippen molar-refractivity contribution in [2.45, 2.75) is 18.9 Å². The third-order valence-electron chi connectivity index (χ3n) is 3.65. The van der Waals surface area contributed by atoms with Gasteiger partial charge in [-0.3, -0.25) is 9.59 Å². The van der Waals surface area contributed by atoms with E-state index in [4.69, 9.17) is 0 Å². The standard InChI is InChI=1S/C14H18N4O2/c19-12-5-4-9(8-17-12)18-14(20)10-2-1-3-11-13(10)16-7-6-15-11/h1-3,9,15-16H,4-8H2,(H,17,19)(H,18,20). The predicted molar refractivity (Wildman–Crippen MR) is 76.9 cm³/mol. The number of carbonyl (C=O) groups is 2. The average Bonchev–Trinajstić information content (AvgIpc) is 2.49. The largest absolute Gasteiger partial charge is 0.382 e. The van der Waals surface area contributed by atoms with Gasteiger partial charge in [-0.05, 0) is 18.6 Å². The number of carbonyl (C=O) groups excluding carboxylic acids is 2. The van der Waals surface area contributed by atoms with E-state index in [1.165, 1.54) is 0 Å². The van der Waals surface area contributed by atoms with E-state index in [0.717, 1.165) is 24.5 Å². The topological polar surface area (TPSA) is 82.3 Å². The molecule has 2 amide bonds. The maximum atomic E-state index is 12.4. The second-order valence-electron chi connectivity index (χ2n) is 5.09. The van der Waals surface area contributed by atoms with Gasteiger partial charge in [-0.1, -0.05) is 6.07 Å². The van der Waals surface area contributed by atoms with E-state index in [2.05, 4.69) is 21.3 Å². The van der Waals surface area contributed by atoms with Crippen LogP contribution in [0, 0.1) is 0 Å². The molecule has 0 spiro atoms. The molecule has 0 radical (unpaired) electrons. The zero-order valence-corrected chi connectivity index (χ0v) is 11.2. The molecule has 1 fully saturated rings. The zero-order valence-electron chi connectivity index (χ0n) is 11.2. The first kappa shape index (κ1) is 12.8. The summed E-state index contributed by atoms with van der Waals surface area (Å²) in [5, 5.41) is 12.3. The van der Waals surface area contributed by atoms with Gasteiger partial charge in [-0.15, -0.1) is 0 Å². The molecule has 1 aromatic rings. The number of nitrogens with one attached hydrogen (secondary N) is 4. The van der Waals surface area contributed by atoms with Crippen molar-refractivity contribution in [1.82, 2.24) is 10.6 Å². The van der Waals surface area contributed by atoms with Crippen LogP contribution in [0.15, 0.2) is 18.2 Å². The van der Waals surface area contributed by atoms with Crippen LogP contribution in [0.25, 0.3) is 0 Å². The molecule has 2 heterocycles. The summed E-state index contributed by atoms with van der Waals surface area (Å²) in [6.45, 7) is 2.16. The lowest BCUT2D eigenvalue weighted by atomic mass is 10.0. The molecule has 2 aliphatic heterocycles. The minimum Gasteiger partial charge on any atom is -0.382 e. The molecule has 20 heavy (non-hydrogen) atoms. The Morgan fingerprint density at radius 3 is 2.85 bits per heavy atom. The van der Waals surface area contributed by atoms with Crippen LogP contribution in [0.5, 0.6) is 0 Å². The molecule has 4 N–H and O–H groups in total. The van der Waals surface area contributed by atoms with E-state index in [1.54, 1.807) is 0 Å². The number of para-hydroxylation sites is 1. The molecule has 1 saturated heterocycles. The number of piperidine rings is 1. The summed E-state index contributed by atoms with van der Waals surface area (Å²) in [6, 6.07) is 5.65. The molecule has 3 rings (SSSR count). The normalized spacial score (nSPS) is 21.0. The van der Waals surface area contributed by atoms with Crippen LogP contribution in [0.1, 0.15) is 23.2 Å². The number of rotatable bonds is 2. The van der Waals surface area contributed by atoms with Crippen molar-refractivity contribution in [2.24, 2.45) is 0 Å². The van der Waals surface area contributed by atoms with E-state index >= 15 is 0 Å². The molecular formula is C14H18N4O2. The van der Waals surface area contributed by atoms with Crippen LogP contribution in [-0.4, -0.2) is 37.5 Å². The highest BCUT2D eigenvalue weighted by atomic mass is 16.2. The fraction of sp³-hybridized carbons (Fsp3) is 0.429. The van der Waals surface area contributed by atoms with Crippen LogP contribution in [0.4, 0.5) is 11.4 Å². The summed E-state index contributed by atoms with van der Waals surface area (Å²) >= 11 is 0. The Kier molecular flexibility index (Phi) is 3.45. The Morgan fingerprint density at radius 2 is 2.05 bits per heavy atom. The summed E-state index contributed by atoms with van der Waals surface area (Å²) in [5.74, 6) is -0.0438.